The number of benzene rings is 1. The molecule has 0 spiro atoms. The number of nitrogens with two attached hydrogens (primary N) is 1. The van der Waals surface area contributed by atoms with E-state index in [9.17, 15) is 4.79 Å². The summed E-state index contributed by atoms with van der Waals surface area (Å²) >= 11 is 0. The lowest BCUT2D eigenvalue weighted by Gasteiger charge is -2.12. The quantitative estimate of drug-likeness (QED) is 0.884. The third-order valence-electron chi connectivity index (χ3n) is 2.96. The molecule has 0 aliphatic rings. The average Bonchev–Trinajstić information content (AvgIpc) is 2.75. The molecule has 4 heteroatoms. The maximum absolute atomic E-state index is 12.0. The van der Waals surface area contributed by atoms with Crippen molar-refractivity contribution in [3.8, 4) is 0 Å². The average molecular weight is 258 g/mol. The van der Waals surface area contributed by atoms with Crippen LogP contribution in [0, 0.1) is 13.8 Å². The van der Waals surface area contributed by atoms with E-state index in [4.69, 9.17) is 10.2 Å². The van der Waals surface area contributed by atoms with Gasteiger partial charge in [0.05, 0.1) is 0 Å². The van der Waals surface area contributed by atoms with Gasteiger partial charge in [0.1, 0.15) is 5.76 Å². The second kappa shape index (κ2) is 5.71. The van der Waals surface area contributed by atoms with E-state index in [1.54, 1.807) is 0 Å². The Labute approximate surface area is 112 Å². The van der Waals surface area contributed by atoms with Crippen LogP contribution in [-0.4, -0.2) is 12.5 Å². The van der Waals surface area contributed by atoms with Gasteiger partial charge in [0.15, 0.2) is 5.76 Å². The molecule has 100 valence electrons. The summed E-state index contributed by atoms with van der Waals surface area (Å²) < 4.78 is 5.36. The summed E-state index contributed by atoms with van der Waals surface area (Å²) in [6.07, 6.45) is 0. The molecule has 4 nitrogen and oxygen atoms in total. The standard InChI is InChI=1S/C15H18N2O2/c1-10-8-11(2)19-14(10)15(18)17-9-13(16)12-6-4-3-5-7-12/h3-8,13H,9,16H2,1-2H3,(H,17,18). The third kappa shape index (κ3) is 3.23. The topological polar surface area (TPSA) is 68.3 Å². The first-order valence-corrected chi connectivity index (χ1v) is 6.23. The maximum Gasteiger partial charge on any atom is 0.287 e. The Kier molecular flexibility index (Phi) is 4.02. The number of carbonyl (C=O) groups excluding carboxylic acids is 1. The van der Waals surface area contributed by atoms with Gasteiger partial charge in [-0.2, -0.15) is 0 Å². The number of furan rings is 1. The second-order valence-electron chi connectivity index (χ2n) is 4.60. The van der Waals surface area contributed by atoms with E-state index in [1.165, 1.54) is 0 Å². The van der Waals surface area contributed by atoms with Gasteiger partial charge in [-0.25, -0.2) is 0 Å². The second-order valence-corrected chi connectivity index (χ2v) is 4.60. The van der Waals surface area contributed by atoms with E-state index < -0.39 is 0 Å². The number of amides is 1. The van der Waals surface area contributed by atoms with Gasteiger partial charge in [-0.1, -0.05) is 30.3 Å². The molecule has 2 aromatic rings. The van der Waals surface area contributed by atoms with Crippen LogP contribution >= 0.6 is 0 Å². The lowest BCUT2D eigenvalue weighted by molar-refractivity contribution is 0.0921. The SMILES string of the molecule is Cc1cc(C)c(C(=O)NCC(N)c2ccccc2)o1. The minimum absolute atomic E-state index is 0.221. The monoisotopic (exact) mass is 258 g/mol. The number of nitrogens with one attached hydrogen (secondary N) is 1. The first kappa shape index (κ1) is 13.4. The largest absolute Gasteiger partial charge is 0.456 e. The van der Waals surface area contributed by atoms with Gasteiger partial charge in [-0.15, -0.1) is 0 Å². The fraction of sp³-hybridized carbons (Fsp3) is 0.267. The van der Waals surface area contributed by atoms with Crippen molar-refractivity contribution >= 4 is 5.91 Å². The summed E-state index contributed by atoms with van der Waals surface area (Å²) in [5, 5.41) is 2.79. The minimum Gasteiger partial charge on any atom is -0.456 e. The summed E-state index contributed by atoms with van der Waals surface area (Å²) in [6, 6.07) is 11.3. The smallest absolute Gasteiger partial charge is 0.287 e. The molecule has 1 unspecified atom stereocenters. The molecule has 0 radical (unpaired) electrons. The number of hydrogen-bond acceptors (Lipinski definition) is 3. The Morgan fingerprint density at radius 2 is 2.00 bits per heavy atom. The van der Waals surface area contributed by atoms with Crippen molar-refractivity contribution in [2.45, 2.75) is 19.9 Å². The summed E-state index contributed by atoms with van der Waals surface area (Å²) in [7, 11) is 0. The highest BCUT2D eigenvalue weighted by atomic mass is 16.3. The molecular weight excluding hydrogens is 240 g/mol. The Balaban J connectivity index is 1.96. The lowest BCUT2D eigenvalue weighted by atomic mass is 10.1. The Bertz CT molecular complexity index is 561. The van der Waals surface area contributed by atoms with Crippen molar-refractivity contribution in [3.05, 3.63) is 59.0 Å². The summed E-state index contributed by atoms with van der Waals surface area (Å²) in [6.45, 7) is 4.05. The van der Waals surface area contributed by atoms with Crippen LogP contribution in [0.4, 0.5) is 0 Å². The van der Waals surface area contributed by atoms with Crippen molar-refractivity contribution < 1.29 is 9.21 Å². The van der Waals surface area contributed by atoms with Crippen LogP contribution < -0.4 is 11.1 Å². The molecule has 0 fully saturated rings. The molecule has 0 aliphatic heterocycles. The van der Waals surface area contributed by atoms with Gasteiger partial charge in [0, 0.05) is 18.2 Å². The van der Waals surface area contributed by atoms with E-state index in [0.29, 0.717) is 12.3 Å². The zero-order valence-corrected chi connectivity index (χ0v) is 11.1. The zero-order valence-electron chi connectivity index (χ0n) is 11.1. The molecule has 0 saturated carbocycles. The summed E-state index contributed by atoms with van der Waals surface area (Å²) in [4.78, 5) is 12.0. The van der Waals surface area contributed by atoms with Gasteiger partial charge in [0.2, 0.25) is 0 Å². The van der Waals surface area contributed by atoms with E-state index in [1.807, 2.05) is 50.2 Å². The lowest BCUT2D eigenvalue weighted by Crippen LogP contribution is -2.32. The fourth-order valence-corrected chi connectivity index (χ4v) is 1.97. The molecule has 0 bridgehead atoms. The number of aryl methyl sites for hydroxylation is 2. The van der Waals surface area contributed by atoms with Crippen LogP contribution in [0.3, 0.4) is 0 Å². The minimum atomic E-state index is -0.225. The zero-order chi connectivity index (χ0) is 13.8. The van der Waals surface area contributed by atoms with Crippen LogP contribution in [0.2, 0.25) is 0 Å². The van der Waals surface area contributed by atoms with Gasteiger partial charge in [-0.3, -0.25) is 4.79 Å². The summed E-state index contributed by atoms with van der Waals surface area (Å²) in [5.74, 6) is 0.866. The van der Waals surface area contributed by atoms with Gasteiger partial charge in [-0.05, 0) is 25.5 Å². The van der Waals surface area contributed by atoms with E-state index in [2.05, 4.69) is 5.32 Å². The van der Waals surface area contributed by atoms with Crippen LogP contribution in [0.5, 0.6) is 0 Å². The van der Waals surface area contributed by atoms with Crippen molar-refractivity contribution in [2.75, 3.05) is 6.54 Å². The molecule has 2 rings (SSSR count). The van der Waals surface area contributed by atoms with Crippen LogP contribution in [-0.2, 0) is 0 Å². The molecule has 1 heterocycles. The maximum atomic E-state index is 12.0. The summed E-state index contributed by atoms with van der Waals surface area (Å²) in [5.41, 5.74) is 7.85. The van der Waals surface area contributed by atoms with Crippen molar-refractivity contribution in [1.82, 2.24) is 5.32 Å². The third-order valence-corrected chi connectivity index (χ3v) is 2.96. The molecule has 1 amide bonds. The Morgan fingerprint density at radius 1 is 1.32 bits per heavy atom. The molecule has 0 saturated heterocycles. The molecule has 3 N–H and O–H groups in total. The number of rotatable bonds is 4. The normalized spacial score (nSPS) is 12.2. The van der Waals surface area contributed by atoms with Crippen molar-refractivity contribution in [1.29, 1.82) is 0 Å². The predicted octanol–water partition coefficient (Wildman–Crippen LogP) is 2.33. The highest BCUT2D eigenvalue weighted by Crippen LogP contribution is 2.14. The Hall–Kier alpha value is -2.07. The first-order valence-electron chi connectivity index (χ1n) is 6.23. The van der Waals surface area contributed by atoms with Gasteiger partial charge < -0.3 is 15.5 Å². The molecule has 1 aromatic heterocycles. The van der Waals surface area contributed by atoms with E-state index >= 15 is 0 Å². The van der Waals surface area contributed by atoms with Crippen LogP contribution in [0.1, 0.15) is 33.5 Å². The Morgan fingerprint density at radius 3 is 2.58 bits per heavy atom. The first-order chi connectivity index (χ1) is 9.08. The van der Waals surface area contributed by atoms with E-state index in [-0.39, 0.29) is 11.9 Å². The molecule has 1 aromatic carbocycles. The highest BCUT2D eigenvalue weighted by molar-refractivity contribution is 5.92. The molecule has 1 atom stereocenters. The fourth-order valence-electron chi connectivity index (χ4n) is 1.97. The molecule has 19 heavy (non-hydrogen) atoms. The van der Waals surface area contributed by atoms with E-state index in [0.717, 1.165) is 16.9 Å². The molecular formula is C15H18N2O2. The van der Waals surface area contributed by atoms with Crippen molar-refractivity contribution in [3.63, 3.8) is 0 Å². The van der Waals surface area contributed by atoms with Crippen LogP contribution in [0.15, 0.2) is 40.8 Å². The van der Waals surface area contributed by atoms with Crippen LogP contribution in [0.25, 0.3) is 0 Å². The predicted molar refractivity (Wildman–Crippen MR) is 73.9 cm³/mol. The highest BCUT2D eigenvalue weighted by Gasteiger charge is 2.15. The molecule has 0 aliphatic carbocycles. The van der Waals surface area contributed by atoms with Gasteiger partial charge in [0.25, 0.3) is 5.91 Å². The van der Waals surface area contributed by atoms with Gasteiger partial charge >= 0.3 is 0 Å². The van der Waals surface area contributed by atoms with Crippen molar-refractivity contribution in [2.24, 2.45) is 5.73 Å². The number of carbonyl (C=O) groups is 1. The number of hydrogen-bond donors (Lipinski definition) is 2.